The fourth-order valence-electron chi connectivity index (χ4n) is 1.63. The Kier molecular flexibility index (Phi) is 3.69. The third-order valence-electron chi connectivity index (χ3n) is 2.39. The van der Waals surface area contributed by atoms with Gasteiger partial charge in [0.25, 0.3) is 0 Å². The van der Waals surface area contributed by atoms with Gasteiger partial charge < -0.3 is 15.5 Å². The molecule has 76 valence electrons. The minimum atomic E-state index is -0.525. The van der Waals surface area contributed by atoms with Crippen LogP contribution >= 0.6 is 0 Å². The second kappa shape index (κ2) is 4.58. The number of nitrogens with one attached hydrogen (secondary N) is 1. The van der Waals surface area contributed by atoms with Crippen LogP contribution in [0.25, 0.3) is 0 Å². The van der Waals surface area contributed by atoms with Gasteiger partial charge >= 0.3 is 0 Å². The number of carbonyl (C=O) groups excluding carboxylic acids is 1. The van der Waals surface area contributed by atoms with Crippen LogP contribution in [0.1, 0.15) is 26.2 Å². The summed E-state index contributed by atoms with van der Waals surface area (Å²) < 4.78 is 0. The largest absolute Gasteiger partial charge is 0.392 e. The molecule has 0 saturated heterocycles. The Labute approximate surface area is 78.0 Å². The maximum Gasteiger partial charge on any atom is 0.225 e. The number of rotatable bonds is 3. The van der Waals surface area contributed by atoms with Gasteiger partial charge in [0.1, 0.15) is 0 Å². The molecule has 1 saturated carbocycles. The van der Waals surface area contributed by atoms with E-state index in [1.54, 1.807) is 6.92 Å². The highest BCUT2D eigenvalue weighted by molar-refractivity contribution is 5.79. The van der Waals surface area contributed by atoms with Crippen molar-refractivity contribution in [2.75, 3.05) is 6.54 Å². The van der Waals surface area contributed by atoms with Crippen molar-refractivity contribution in [3.8, 4) is 0 Å². The molecule has 0 bridgehead atoms. The summed E-state index contributed by atoms with van der Waals surface area (Å²) >= 11 is 0. The number of hydrogen-bond acceptors (Lipinski definition) is 3. The molecule has 1 aliphatic rings. The van der Waals surface area contributed by atoms with Crippen molar-refractivity contribution in [3.05, 3.63) is 0 Å². The molecule has 3 N–H and O–H groups in total. The summed E-state index contributed by atoms with van der Waals surface area (Å²) in [5.74, 6) is -0.398. The Morgan fingerprint density at radius 3 is 2.77 bits per heavy atom. The van der Waals surface area contributed by atoms with Crippen molar-refractivity contribution in [3.63, 3.8) is 0 Å². The lowest BCUT2D eigenvalue weighted by atomic mass is 10.1. The lowest BCUT2D eigenvalue weighted by molar-refractivity contribution is -0.127. The monoisotopic (exact) mass is 187 g/mol. The highest BCUT2D eigenvalue weighted by atomic mass is 16.3. The SMILES string of the molecule is C[C@@H](O)CNC(=O)C1CCCC1O. The van der Waals surface area contributed by atoms with Crippen LogP contribution in [0.4, 0.5) is 0 Å². The summed E-state index contributed by atoms with van der Waals surface area (Å²) in [6.07, 6.45) is 1.37. The molecule has 4 nitrogen and oxygen atoms in total. The number of hydrogen-bond donors (Lipinski definition) is 3. The lowest BCUT2D eigenvalue weighted by Crippen LogP contribution is -2.38. The quantitative estimate of drug-likeness (QED) is 0.565. The third kappa shape index (κ3) is 2.97. The van der Waals surface area contributed by atoms with E-state index in [1.165, 1.54) is 0 Å². The zero-order valence-electron chi connectivity index (χ0n) is 7.86. The van der Waals surface area contributed by atoms with Gasteiger partial charge in [-0.05, 0) is 26.2 Å². The van der Waals surface area contributed by atoms with E-state index in [0.29, 0.717) is 6.42 Å². The van der Waals surface area contributed by atoms with Gasteiger partial charge in [-0.1, -0.05) is 0 Å². The van der Waals surface area contributed by atoms with Crippen LogP contribution in [-0.2, 0) is 4.79 Å². The summed E-state index contributed by atoms with van der Waals surface area (Å²) in [6.45, 7) is 1.88. The van der Waals surface area contributed by atoms with Crippen LogP contribution in [0.3, 0.4) is 0 Å². The smallest absolute Gasteiger partial charge is 0.225 e. The number of aliphatic hydroxyl groups is 2. The molecule has 0 aliphatic heterocycles. The van der Waals surface area contributed by atoms with Crippen LogP contribution in [-0.4, -0.2) is 34.9 Å². The minimum absolute atomic E-state index is 0.133. The zero-order chi connectivity index (χ0) is 9.84. The summed E-state index contributed by atoms with van der Waals surface area (Å²) in [5, 5.41) is 20.9. The first-order valence-corrected chi connectivity index (χ1v) is 4.75. The van der Waals surface area contributed by atoms with E-state index in [9.17, 15) is 9.90 Å². The molecule has 0 aromatic rings. The second-order valence-corrected chi connectivity index (χ2v) is 3.70. The van der Waals surface area contributed by atoms with Gasteiger partial charge in [0.2, 0.25) is 5.91 Å². The average molecular weight is 187 g/mol. The van der Waals surface area contributed by atoms with Gasteiger partial charge in [-0.2, -0.15) is 0 Å². The van der Waals surface area contributed by atoms with Crippen LogP contribution < -0.4 is 5.32 Å². The maximum absolute atomic E-state index is 11.4. The van der Waals surface area contributed by atoms with Crippen LogP contribution in [0, 0.1) is 5.92 Å². The molecule has 4 heteroatoms. The van der Waals surface area contributed by atoms with Gasteiger partial charge in [-0.15, -0.1) is 0 Å². The summed E-state index contributed by atoms with van der Waals surface area (Å²) in [7, 11) is 0. The van der Waals surface area contributed by atoms with Gasteiger partial charge in [0.05, 0.1) is 18.1 Å². The topological polar surface area (TPSA) is 69.6 Å². The molecule has 2 unspecified atom stereocenters. The first-order chi connectivity index (χ1) is 6.11. The Balaban J connectivity index is 2.30. The van der Waals surface area contributed by atoms with Crippen molar-refractivity contribution in [2.45, 2.75) is 38.4 Å². The van der Waals surface area contributed by atoms with E-state index in [4.69, 9.17) is 5.11 Å². The molecule has 0 aromatic carbocycles. The molecular weight excluding hydrogens is 170 g/mol. The van der Waals surface area contributed by atoms with Gasteiger partial charge in [-0.25, -0.2) is 0 Å². The van der Waals surface area contributed by atoms with Gasteiger partial charge in [0.15, 0.2) is 0 Å². The molecule has 0 heterocycles. The first-order valence-electron chi connectivity index (χ1n) is 4.75. The molecule has 0 spiro atoms. The predicted octanol–water partition coefficient (Wildman–Crippen LogP) is -0.356. The Morgan fingerprint density at radius 2 is 2.31 bits per heavy atom. The van der Waals surface area contributed by atoms with Crippen molar-refractivity contribution in [2.24, 2.45) is 5.92 Å². The second-order valence-electron chi connectivity index (χ2n) is 3.70. The van der Waals surface area contributed by atoms with Crippen LogP contribution in [0.15, 0.2) is 0 Å². The van der Waals surface area contributed by atoms with E-state index in [1.807, 2.05) is 0 Å². The third-order valence-corrected chi connectivity index (χ3v) is 2.39. The summed E-state index contributed by atoms with van der Waals surface area (Å²) in [4.78, 5) is 11.4. The molecule has 1 aliphatic carbocycles. The van der Waals surface area contributed by atoms with E-state index in [2.05, 4.69) is 5.32 Å². The fraction of sp³-hybridized carbons (Fsp3) is 0.889. The highest BCUT2D eigenvalue weighted by Gasteiger charge is 2.31. The van der Waals surface area contributed by atoms with Gasteiger partial charge in [0, 0.05) is 6.54 Å². The van der Waals surface area contributed by atoms with Crippen molar-refractivity contribution in [1.82, 2.24) is 5.32 Å². The Morgan fingerprint density at radius 1 is 1.62 bits per heavy atom. The summed E-state index contributed by atoms with van der Waals surface area (Å²) in [6, 6.07) is 0. The number of carbonyl (C=O) groups is 1. The van der Waals surface area contributed by atoms with E-state index < -0.39 is 12.2 Å². The van der Waals surface area contributed by atoms with Crippen molar-refractivity contribution < 1.29 is 15.0 Å². The molecule has 1 fully saturated rings. The minimum Gasteiger partial charge on any atom is -0.392 e. The molecule has 1 amide bonds. The molecule has 13 heavy (non-hydrogen) atoms. The first kappa shape index (κ1) is 10.5. The van der Waals surface area contributed by atoms with Crippen molar-refractivity contribution in [1.29, 1.82) is 0 Å². The van der Waals surface area contributed by atoms with Crippen LogP contribution in [0.5, 0.6) is 0 Å². The number of aliphatic hydroxyl groups excluding tert-OH is 2. The Bertz CT molecular complexity index is 182. The molecular formula is C9H17NO3. The zero-order valence-corrected chi connectivity index (χ0v) is 7.86. The highest BCUT2D eigenvalue weighted by Crippen LogP contribution is 2.25. The Hall–Kier alpha value is -0.610. The molecule has 1 rings (SSSR count). The van der Waals surface area contributed by atoms with Crippen LogP contribution in [0.2, 0.25) is 0 Å². The maximum atomic E-state index is 11.4. The van der Waals surface area contributed by atoms with Crippen molar-refractivity contribution >= 4 is 5.91 Å². The number of amides is 1. The van der Waals surface area contributed by atoms with E-state index in [-0.39, 0.29) is 18.4 Å². The molecule has 3 atom stereocenters. The predicted molar refractivity (Wildman–Crippen MR) is 48.0 cm³/mol. The summed E-state index contributed by atoms with van der Waals surface area (Å²) in [5.41, 5.74) is 0. The van der Waals surface area contributed by atoms with E-state index >= 15 is 0 Å². The van der Waals surface area contributed by atoms with E-state index in [0.717, 1.165) is 12.8 Å². The average Bonchev–Trinajstić information content (AvgIpc) is 2.47. The normalized spacial score (nSPS) is 30.1. The lowest BCUT2D eigenvalue weighted by Gasteiger charge is -2.14. The fourth-order valence-corrected chi connectivity index (χ4v) is 1.63. The van der Waals surface area contributed by atoms with Gasteiger partial charge in [-0.3, -0.25) is 4.79 Å². The molecule has 0 aromatic heterocycles. The standard InChI is InChI=1S/C9H17NO3/c1-6(11)5-10-9(13)7-3-2-4-8(7)12/h6-8,11-12H,2-5H2,1H3,(H,10,13)/t6-,7?,8?/m1/s1. The molecule has 0 radical (unpaired) electrons.